The van der Waals surface area contributed by atoms with E-state index in [0.29, 0.717) is 38.3 Å². The smallest absolute Gasteiger partial charge is 0.323 e. The Kier molecular flexibility index (Phi) is 7.59. The number of nitrogens with zero attached hydrogens (tertiary/aromatic N) is 4. The summed E-state index contributed by atoms with van der Waals surface area (Å²) >= 11 is 0. The summed E-state index contributed by atoms with van der Waals surface area (Å²) < 4.78 is 15.7. The first-order valence-electron chi connectivity index (χ1n) is 6.54. The Labute approximate surface area is 119 Å². The molecule has 0 saturated heterocycles. The molecule has 0 bridgehead atoms. The predicted molar refractivity (Wildman–Crippen MR) is 76.5 cm³/mol. The largest absolute Gasteiger partial charge is 0.461 e. The van der Waals surface area contributed by atoms with Crippen molar-refractivity contribution < 1.29 is 14.2 Å². The Morgan fingerprint density at radius 1 is 1.05 bits per heavy atom. The summed E-state index contributed by atoms with van der Waals surface area (Å²) in [6, 6.07) is 0.287. The normalized spacial score (nSPS) is 10.4. The minimum Gasteiger partial charge on any atom is -0.461 e. The molecule has 1 aromatic heterocycles. The highest BCUT2D eigenvalue weighted by Gasteiger charge is 2.08. The van der Waals surface area contributed by atoms with Crippen LogP contribution in [0.3, 0.4) is 0 Å². The number of hydrogen-bond donors (Lipinski definition) is 1. The van der Waals surface area contributed by atoms with Crippen molar-refractivity contribution in [1.82, 2.24) is 15.0 Å². The van der Waals surface area contributed by atoms with E-state index in [1.807, 2.05) is 21.0 Å². The van der Waals surface area contributed by atoms with Crippen LogP contribution >= 0.6 is 0 Å². The molecule has 0 fully saturated rings. The van der Waals surface area contributed by atoms with Crippen molar-refractivity contribution in [2.24, 2.45) is 0 Å². The van der Waals surface area contributed by atoms with Crippen LogP contribution in [0.4, 0.5) is 11.9 Å². The Morgan fingerprint density at radius 3 is 2.45 bits per heavy atom. The summed E-state index contributed by atoms with van der Waals surface area (Å²) in [5, 5.41) is 3.04. The van der Waals surface area contributed by atoms with Crippen LogP contribution in [0.2, 0.25) is 0 Å². The van der Waals surface area contributed by atoms with Crippen molar-refractivity contribution in [2.45, 2.75) is 6.92 Å². The van der Waals surface area contributed by atoms with Gasteiger partial charge in [0.2, 0.25) is 11.9 Å². The van der Waals surface area contributed by atoms with Gasteiger partial charge in [0.25, 0.3) is 0 Å². The van der Waals surface area contributed by atoms with Gasteiger partial charge in [-0.25, -0.2) is 0 Å². The molecule has 0 radical (unpaired) electrons. The number of anilines is 2. The van der Waals surface area contributed by atoms with E-state index in [2.05, 4.69) is 20.3 Å². The molecule has 1 heterocycles. The molecule has 0 aliphatic rings. The third-order valence-corrected chi connectivity index (χ3v) is 2.23. The Balaban J connectivity index is 2.50. The minimum atomic E-state index is 0.287. The molecule has 0 aliphatic heterocycles. The summed E-state index contributed by atoms with van der Waals surface area (Å²) in [5.41, 5.74) is 0. The third kappa shape index (κ3) is 5.98. The van der Waals surface area contributed by atoms with Crippen LogP contribution in [-0.2, 0) is 9.47 Å². The topological polar surface area (TPSA) is 81.6 Å². The molecule has 1 aromatic rings. The van der Waals surface area contributed by atoms with E-state index in [1.165, 1.54) is 0 Å². The molecular formula is C12H23N5O3. The molecule has 0 aliphatic carbocycles. The van der Waals surface area contributed by atoms with Crippen LogP contribution in [0, 0.1) is 0 Å². The summed E-state index contributed by atoms with van der Waals surface area (Å²) in [4.78, 5) is 14.4. The first-order chi connectivity index (χ1) is 9.67. The lowest BCUT2D eigenvalue weighted by molar-refractivity contribution is 0.0528. The summed E-state index contributed by atoms with van der Waals surface area (Å²) in [5.74, 6) is 1.05. The fraction of sp³-hybridized carbons (Fsp3) is 0.750. The van der Waals surface area contributed by atoms with E-state index < -0.39 is 0 Å². The second-order valence-corrected chi connectivity index (χ2v) is 4.12. The average Bonchev–Trinajstić information content (AvgIpc) is 2.43. The molecule has 8 nitrogen and oxygen atoms in total. The Hall–Kier alpha value is -1.67. The molecule has 1 N–H and O–H groups in total. The highest BCUT2D eigenvalue weighted by molar-refractivity contribution is 5.36. The van der Waals surface area contributed by atoms with Crippen molar-refractivity contribution in [3.63, 3.8) is 0 Å². The fourth-order valence-electron chi connectivity index (χ4n) is 1.28. The van der Waals surface area contributed by atoms with E-state index in [4.69, 9.17) is 14.2 Å². The monoisotopic (exact) mass is 285 g/mol. The van der Waals surface area contributed by atoms with Crippen molar-refractivity contribution in [2.75, 3.05) is 64.4 Å². The molecular weight excluding hydrogens is 262 g/mol. The van der Waals surface area contributed by atoms with Gasteiger partial charge in [0.05, 0.1) is 19.8 Å². The molecule has 0 saturated carbocycles. The van der Waals surface area contributed by atoms with Crippen LogP contribution in [-0.4, -0.2) is 69.1 Å². The van der Waals surface area contributed by atoms with Gasteiger partial charge in [-0.3, -0.25) is 0 Å². The van der Waals surface area contributed by atoms with E-state index in [1.54, 1.807) is 12.0 Å². The predicted octanol–water partition coefficient (Wildman–Crippen LogP) is 0.411. The zero-order valence-corrected chi connectivity index (χ0v) is 12.5. The van der Waals surface area contributed by atoms with Crippen LogP contribution in [0.5, 0.6) is 6.01 Å². The van der Waals surface area contributed by atoms with Gasteiger partial charge in [-0.05, 0) is 6.92 Å². The Bertz CT molecular complexity index is 389. The van der Waals surface area contributed by atoms with Crippen LogP contribution in [0.25, 0.3) is 0 Å². The lowest BCUT2D eigenvalue weighted by Gasteiger charge is -2.13. The number of methoxy groups -OCH3 is 1. The summed E-state index contributed by atoms with van der Waals surface area (Å²) in [6.07, 6.45) is 0. The lowest BCUT2D eigenvalue weighted by Crippen LogP contribution is -2.17. The molecule has 0 amide bonds. The summed E-state index contributed by atoms with van der Waals surface area (Å²) in [6.45, 7) is 4.67. The van der Waals surface area contributed by atoms with Gasteiger partial charge < -0.3 is 24.4 Å². The molecule has 20 heavy (non-hydrogen) atoms. The van der Waals surface area contributed by atoms with E-state index in [0.717, 1.165) is 6.54 Å². The first kappa shape index (κ1) is 16.4. The van der Waals surface area contributed by atoms with Crippen molar-refractivity contribution in [3.05, 3.63) is 0 Å². The molecule has 0 aromatic carbocycles. The standard InChI is InChI=1S/C12H23N5O3/c1-5-13-10-14-11(17(2)3)16-12(15-10)20-9-8-19-7-6-18-4/h5-9H2,1-4H3,(H,13,14,15,16). The van der Waals surface area contributed by atoms with Gasteiger partial charge >= 0.3 is 6.01 Å². The summed E-state index contributed by atoms with van der Waals surface area (Å²) in [7, 11) is 5.36. The van der Waals surface area contributed by atoms with E-state index >= 15 is 0 Å². The van der Waals surface area contributed by atoms with Gasteiger partial charge in [0.15, 0.2) is 0 Å². The van der Waals surface area contributed by atoms with Crippen LogP contribution in [0.15, 0.2) is 0 Å². The van der Waals surface area contributed by atoms with Crippen molar-refractivity contribution >= 4 is 11.9 Å². The second-order valence-electron chi connectivity index (χ2n) is 4.12. The molecule has 0 atom stereocenters. The first-order valence-corrected chi connectivity index (χ1v) is 6.54. The fourth-order valence-corrected chi connectivity index (χ4v) is 1.28. The van der Waals surface area contributed by atoms with Gasteiger partial charge in [0.1, 0.15) is 6.61 Å². The van der Waals surface area contributed by atoms with Crippen molar-refractivity contribution in [3.8, 4) is 6.01 Å². The highest BCUT2D eigenvalue weighted by atomic mass is 16.5. The second kappa shape index (κ2) is 9.27. The third-order valence-electron chi connectivity index (χ3n) is 2.23. The number of aromatic nitrogens is 3. The van der Waals surface area contributed by atoms with Crippen LogP contribution < -0.4 is 15.0 Å². The van der Waals surface area contributed by atoms with E-state index in [9.17, 15) is 0 Å². The molecule has 0 unspecified atom stereocenters. The Morgan fingerprint density at radius 2 is 1.80 bits per heavy atom. The van der Waals surface area contributed by atoms with E-state index in [-0.39, 0.29) is 6.01 Å². The quantitative estimate of drug-likeness (QED) is 0.619. The SMILES string of the molecule is CCNc1nc(OCCOCCOC)nc(N(C)C)n1. The molecule has 114 valence electrons. The van der Waals surface area contributed by atoms with Gasteiger partial charge in [-0.1, -0.05) is 0 Å². The van der Waals surface area contributed by atoms with Gasteiger partial charge in [-0.2, -0.15) is 15.0 Å². The van der Waals surface area contributed by atoms with Crippen molar-refractivity contribution in [1.29, 1.82) is 0 Å². The highest BCUT2D eigenvalue weighted by Crippen LogP contribution is 2.12. The average molecular weight is 285 g/mol. The van der Waals surface area contributed by atoms with Crippen LogP contribution in [0.1, 0.15) is 6.92 Å². The minimum absolute atomic E-state index is 0.287. The maximum Gasteiger partial charge on any atom is 0.323 e. The number of hydrogen-bond acceptors (Lipinski definition) is 8. The molecule has 0 spiro atoms. The zero-order chi connectivity index (χ0) is 14.8. The maximum atomic E-state index is 5.47. The van der Waals surface area contributed by atoms with Gasteiger partial charge in [0, 0.05) is 27.7 Å². The number of nitrogens with one attached hydrogen (secondary N) is 1. The zero-order valence-electron chi connectivity index (χ0n) is 12.5. The number of ether oxygens (including phenoxy) is 3. The van der Waals surface area contributed by atoms with Gasteiger partial charge in [-0.15, -0.1) is 0 Å². The molecule has 8 heteroatoms. The number of rotatable bonds is 10. The maximum absolute atomic E-state index is 5.47. The lowest BCUT2D eigenvalue weighted by atomic mass is 10.7. The molecule has 1 rings (SSSR count).